The van der Waals surface area contributed by atoms with Gasteiger partial charge in [-0.3, -0.25) is 0 Å². The first-order chi connectivity index (χ1) is 13.2. The maximum absolute atomic E-state index is 12.9. The van der Waals surface area contributed by atoms with E-state index in [9.17, 15) is 16.8 Å². The van der Waals surface area contributed by atoms with Crippen molar-refractivity contribution in [3.05, 3.63) is 59.2 Å². The predicted octanol–water partition coefficient (Wildman–Crippen LogP) is 2.56. The molecular formula is C20H26N2O4S2. The third-order valence-corrected chi connectivity index (χ3v) is 9.09. The number of piperazine rings is 1. The van der Waals surface area contributed by atoms with Gasteiger partial charge in [0.05, 0.1) is 9.79 Å². The molecule has 0 amide bonds. The zero-order valence-electron chi connectivity index (χ0n) is 16.4. The molecule has 2 aromatic carbocycles. The highest BCUT2D eigenvalue weighted by molar-refractivity contribution is 7.89. The van der Waals surface area contributed by atoms with Crippen molar-refractivity contribution in [1.29, 1.82) is 0 Å². The summed E-state index contributed by atoms with van der Waals surface area (Å²) in [5.41, 5.74) is 3.02. The van der Waals surface area contributed by atoms with Gasteiger partial charge in [0, 0.05) is 26.2 Å². The Morgan fingerprint density at radius 1 is 0.714 bits per heavy atom. The van der Waals surface area contributed by atoms with Crippen LogP contribution in [0.25, 0.3) is 0 Å². The summed E-state index contributed by atoms with van der Waals surface area (Å²) < 4.78 is 54.2. The lowest BCUT2D eigenvalue weighted by molar-refractivity contribution is 0.273. The van der Waals surface area contributed by atoms with Crippen LogP contribution in [-0.2, 0) is 26.5 Å². The van der Waals surface area contributed by atoms with E-state index < -0.39 is 20.0 Å². The number of aryl methyl sites for hydroxylation is 3. The molecule has 0 atom stereocenters. The van der Waals surface area contributed by atoms with Gasteiger partial charge in [0.25, 0.3) is 0 Å². The van der Waals surface area contributed by atoms with Crippen LogP contribution in [0.15, 0.2) is 52.3 Å². The summed E-state index contributed by atoms with van der Waals surface area (Å²) in [6, 6.07) is 11.9. The SMILES string of the molecule is CCc1ccc(S(=O)(=O)N2CCN(S(=O)(=O)c3ccc(C)c(C)c3)CC2)cc1. The molecule has 8 heteroatoms. The van der Waals surface area contributed by atoms with Crippen LogP contribution in [0.1, 0.15) is 23.6 Å². The van der Waals surface area contributed by atoms with Crippen molar-refractivity contribution in [3.8, 4) is 0 Å². The Kier molecular flexibility index (Phi) is 5.95. The van der Waals surface area contributed by atoms with E-state index >= 15 is 0 Å². The normalized spacial score (nSPS) is 17.0. The van der Waals surface area contributed by atoms with E-state index in [1.54, 1.807) is 30.3 Å². The van der Waals surface area contributed by atoms with E-state index in [0.717, 1.165) is 23.1 Å². The lowest BCUT2D eigenvalue weighted by atomic mass is 10.1. The number of hydrogen-bond donors (Lipinski definition) is 0. The molecule has 1 fully saturated rings. The van der Waals surface area contributed by atoms with Gasteiger partial charge in [-0.2, -0.15) is 8.61 Å². The topological polar surface area (TPSA) is 74.8 Å². The fourth-order valence-corrected chi connectivity index (χ4v) is 6.15. The molecule has 1 aliphatic heterocycles. The molecule has 0 unspecified atom stereocenters. The average molecular weight is 423 g/mol. The summed E-state index contributed by atoms with van der Waals surface area (Å²) in [7, 11) is -7.25. The minimum absolute atomic E-state index is 0.140. The molecule has 0 bridgehead atoms. The van der Waals surface area contributed by atoms with Crippen molar-refractivity contribution in [2.75, 3.05) is 26.2 Å². The fourth-order valence-electron chi connectivity index (χ4n) is 3.22. The Hall–Kier alpha value is -1.74. The third kappa shape index (κ3) is 4.00. The van der Waals surface area contributed by atoms with Gasteiger partial charge in [0.2, 0.25) is 20.0 Å². The summed E-state index contributed by atoms with van der Waals surface area (Å²) in [4.78, 5) is 0.497. The first-order valence-electron chi connectivity index (χ1n) is 9.33. The molecule has 0 N–H and O–H groups in total. The van der Waals surface area contributed by atoms with Gasteiger partial charge >= 0.3 is 0 Å². The summed E-state index contributed by atoms with van der Waals surface area (Å²) >= 11 is 0. The van der Waals surface area contributed by atoms with Crippen LogP contribution in [-0.4, -0.2) is 51.6 Å². The second-order valence-electron chi connectivity index (χ2n) is 7.05. The molecule has 6 nitrogen and oxygen atoms in total. The van der Waals surface area contributed by atoms with Gasteiger partial charge in [-0.15, -0.1) is 0 Å². The molecule has 3 rings (SSSR count). The zero-order chi connectivity index (χ0) is 20.5. The molecule has 28 heavy (non-hydrogen) atoms. The van der Waals surface area contributed by atoms with Crippen molar-refractivity contribution in [2.24, 2.45) is 0 Å². The van der Waals surface area contributed by atoms with Crippen molar-refractivity contribution >= 4 is 20.0 Å². The highest BCUT2D eigenvalue weighted by Crippen LogP contribution is 2.23. The van der Waals surface area contributed by atoms with E-state index in [4.69, 9.17) is 0 Å². The maximum atomic E-state index is 12.9. The molecule has 2 aromatic rings. The fraction of sp³-hybridized carbons (Fsp3) is 0.400. The van der Waals surface area contributed by atoms with Crippen molar-refractivity contribution < 1.29 is 16.8 Å². The third-order valence-electron chi connectivity index (χ3n) is 5.28. The quantitative estimate of drug-likeness (QED) is 0.742. The summed E-state index contributed by atoms with van der Waals surface area (Å²) in [6.07, 6.45) is 0.843. The summed E-state index contributed by atoms with van der Waals surface area (Å²) in [5.74, 6) is 0. The minimum Gasteiger partial charge on any atom is -0.207 e. The van der Waals surface area contributed by atoms with Gasteiger partial charge in [0.1, 0.15) is 0 Å². The van der Waals surface area contributed by atoms with Crippen LogP contribution in [0.4, 0.5) is 0 Å². The highest BCUT2D eigenvalue weighted by atomic mass is 32.2. The number of nitrogens with zero attached hydrogens (tertiary/aromatic N) is 2. The average Bonchev–Trinajstić information content (AvgIpc) is 2.70. The molecule has 1 aliphatic rings. The first-order valence-corrected chi connectivity index (χ1v) is 12.2. The molecule has 0 saturated carbocycles. The number of benzene rings is 2. The lowest BCUT2D eigenvalue weighted by Gasteiger charge is -2.33. The molecule has 152 valence electrons. The van der Waals surface area contributed by atoms with Crippen LogP contribution < -0.4 is 0 Å². The van der Waals surface area contributed by atoms with Gasteiger partial charge in [-0.25, -0.2) is 16.8 Å². The van der Waals surface area contributed by atoms with Crippen LogP contribution >= 0.6 is 0 Å². The Bertz CT molecular complexity index is 1050. The largest absolute Gasteiger partial charge is 0.243 e. The summed E-state index contributed by atoms with van der Waals surface area (Å²) in [5, 5.41) is 0. The van der Waals surface area contributed by atoms with Crippen LogP contribution in [0.5, 0.6) is 0 Å². The van der Waals surface area contributed by atoms with Crippen LogP contribution in [0.2, 0.25) is 0 Å². The molecule has 0 aliphatic carbocycles. The Labute approximate surface area is 167 Å². The van der Waals surface area contributed by atoms with Crippen molar-refractivity contribution in [3.63, 3.8) is 0 Å². The van der Waals surface area contributed by atoms with E-state index in [1.807, 2.05) is 32.9 Å². The number of rotatable bonds is 5. The lowest BCUT2D eigenvalue weighted by Crippen LogP contribution is -2.50. The van der Waals surface area contributed by atoms with E-state index in [2.05, 4.69) is 0 Å². The molecule has 0 aromatic heterocycles. The number of sulfonamides is 2. The first kappa shape index (κ1) is 21.0. The van der Waals surface area contributed by atoms with Crippen LogP contribution in [0.3, 0.4) is 0 Å². The Balaban J connectivity index is 1.75. The predicted molar refractivity (Wildman–Crippen MR) is 109 cm³/mol. The van der Waals surface area contributed by atoms with E-state index in [1.165, 1.54) is 8.61 Å². The van der Waals surface area contributed by atoms with Gasteiger partial charge in [-0.1, -0.05) is 25.1 Å². The van der Waals surface area contributed by atoms with Crippen LogP contribution in [0, 0.1) is 13.8 Å². The van der Waals surface area contributed by atoms with Gasteiger partial charge < -0.3 is 0 Å². The molecular weight excluding hydrogens is 396 g/mol. The zero-order valence-corrected chi connectivity index (χ0v) is 18.1. The Morgan fingerprint density at radius 2 is 1.18 bits per heavy atom. The monoisotopic (exact) mass is 422 g/mol. The van der Waals surface area contributed by atoms with Crippen molar-refractivity contribution in [1.82, 2.24) is 8.61 Å². The maximum Gasteiger partial charge on any atom is 0.243 e. The molecule has 0 spiro atoms. The second-order valence-corrected chi connectivity index (χ2v) is 10.9. The van der Waals surface area contributed by atoms with Gasteiger partial charge in [-0.05, 0) is 61.2 Å². The Morgan fingerprint density at radius 3 is 1.64 bits per heavy atom. The molecule has 1 heterocycles. The van der Waals surface area contributed by atoms with Crippen molar-refractivity contribution in [2.45, 2.75) is 37.0 Å². The van der Waals surface area contributed by atoms with E-state index in [-0.39, 0.29) is 36.0 Å². The highest BCUT2D eigenvalue weighted by Gasteiger charge is 2.33. The van der Waals surface area contributed by atoms with Gasteiger partial charge in [0.15, 0.2) is 0 Å². The smallest absolute Gasteiger partial charge is 0.207 e. The summed E-state index contributed by atoms with van der Waals surface area (Å²) in [6.45, 7) is 6.39. The minimum atomic E-state index is -3.63. The number of hydrogen-bond acceptors (Lipinski definition) is 4. The standard InChI is InChI=1S/C20H26N2O4S2/c1-4-18-6-9-19(10-7-18)27(23,24)21-11-13-22(14-12-21)28(25,26)20-8-5-16(2)17(3)15-20/h5-10,15H,4,11-14H2,1-3H3. The molecule has 1 saturated heterocycles. The second kappa shape index (κ2) is 7.94. The molecule has 0 radical (unpaired) electrons. The van der Waals surface area contributed by atoms with E-state index in [0.29, 0.717) is 0 Å².